The number of aromatic nitrogens is 1. The molecule has 2 unspecified atom stereocenters. The first-order valence-corrected chi connectivity index (χ1v) is 5.96. The van der Waals surface area contributed by atoms with Crippen molar-refractivity contribution in [3.8, 4) is 0 Å². The summed E-state index contributed by atoms with van der Waals surface area (Å²) in [7, 11) is 1.23. The van der Waals surface area contributed by atoms with Gasteiger partial charge in [0, 0.05) is 0 Å². The zero-order valence-electron chi connectivity index (χ0n) is 9.88. The molecule has 2 rings (SSSR count). The molecule has 19 heavy (non-hydrogen) atoms. The SMILES string of the molecule is CON1C(=O)N(c2ncc(C(F)(F)F)s2)C(O)C1C. The molecule has 2 amide bonds. The summed E-state index contributed by atoms with van der Waals surface area (Å²) in [5.74, 6) is 0. The van der Waals surface area contributed by atoms with Crippen LogP contribution in [0.4, 0.5) is 23.1 Å². The lowest BCUT2D eigenvalue weighted by molar-refractivity contribution is -0.134. The maximum atomic E-state index is 12.5. The van der Waals surface area contributed by atoms with Crippen LogP contribution in [0.2, 0.25) is 0 Å². The van der Waals surface area contributed by atoms with Crippen LogP contribution in [0.5, 0.6) is 0 Å². The summed E-state index contributed by atoms with van der Waals surface area (Å²) in [5.41, 5.74) is 0. The van der Waals surface area contributed by atoms with Crippen LogP contribution in [-0.4, -0.2) is 40.6 Å². The molecule has 1 aliphatic heterocycles. The van der Waals surface area contributed by atoms with E-state index in [4.69, 9.17) is 4.84 Å². The number of carbonyl (C=O) groups excluding carboxylic acids is 1. The third kappa shape index (κ3) is 2.26. The average molecular weight is 297 g/mol. The normalized spacial score (nSPS) is 24.4. The van der Waals surface area contributed by atoms with Crippen molar-refractivity contribution in [2.45, 2.75) is 25.4 Å². The van der Waals surface area contributed by atoms with Crippen LogP contribution in [0.15, 0.2) is 6.20 Å². The number of hydrogen-bond donors (Lipinski definition) is 1. The molecule has 1 aromatic rings. The number of thiazole rings is 1. The number of alkyl halides is 3. The molecule has 106 valence electrons. The van der Waals surface area contributed by atoms with Gasteiger partial charge in [0.1, 0.15) is 10.9 Å². The molecule has 0 aromatic carbocycles. The van der Waals surface area contributed by atoms with E-state index >= 15 is 0 Å². The molecule has 1 N–H and O–H groups in total. The van der Waals surface area contributed by atoms with Gasteiger partial charge in [0.05, 0.1) is 13.3 Å². The predicted octanol–water partition coefficient (Wildman–Crippen LogP) is 1.67. The fourth-order valence-corrected chi connectivity index (χ4v) is 2.48. The van der Waals surface area contributed by atoms with Crippen LogP contribution >= 0.6 is 11.3 Å². The number of hydroxylamine groups is 2. The summed E-state index contributed by atoms with van der Waals surface area (Å²) in [4.78, 5) is 20.0. The van der Waals surface area contributed by atoms with Gasteiger partial charge >= 0.3 is 12.2 Å². The minimum atomic E-state index is -4.53. The monoisotopic (exact) mass is 297 g/mol. The second-order valence-electron chi connectivity index (χ2n) is 3.82. The van der Waals surface area contributed by atoms with Gasteiger partial charge in [0.2, 0.25) is 0 Å². The molecule has 1 saturated heterocycles. The molecule has 2 atom stereocenters. The van der Waals surface area contributed by atoms with Crippen LogP contribution in [0.25, 0.3) is 0 Å². The quantitative estimate of drug-likeness (QED) is 0.902. The molecule has 1 fully saturated rings. The molecule has 10 heteroatoms. The molecule has 0 radical (unpaired) electrons. The van der Waals surface area contributed by atoms with Crippen LogP contribution in [0.1, 0.15) is 11.8 Å². The first-order valence-electron chi connectivity index (χ1n) is 5.15. The highest BCUT2D eigenvalue weighted by Crippen LogP contribution is 2.38. The number of halogens is 3. The second-order valence-corrected chi connectivity index (χ2v) is 4.83. The first-order chi connectivity index (χ1) is 8.77. The van der Waals surface area contributed by atoms with E-state index in [0.717, 1.165) is 9.96 Å². The molecular weight excluding hydrogens is 287 g/mol. The molecule has 6 nitrogen and oxygen atoms in total. The lowest BCUT2D eigenvalue weighted by Gasteiger charge is -2.16. The van der Waals surface area contributed by atoms with Gasteiger partial charge in [-0.3, -0.25) is 4.84 Å². The van der Waals surface area contributed by atoms with E-state index in [2.05, 4.69) is 4.98 Å². The van der Waals surface area contributed by atoms with E-state index in [1.165, 1.54) is 14.0 Å². The van der Waals surface area contributed by atoms with Gasteiger partial charge in [0.25, 0.3) is 0 Å². The highest BCUT2D eigenvalue weighted by Gasteiger charge is 2.46. The van der Waals surface area contributed by atoms with Crippen molar-refractivity contribution in [2.24, 2.45) is 0 Å². The molecule has 1 aliphatic rings. The highest BCUT2D eigenvalue weighted by atomic mass is 32.1. The number of carbonyl (C=O) groups is 1. The Hall–Kier alpha value is -1.39. The van der Waals surface area contributed by atoms with E-state index in [9.17, 15) is 23.1 Å². The third-order valence-corrected chi connectivity index (χ3v) is 3.68. The second kappa shape index (κ2) is 4.62. The van der Waals surface area contributed by atoms with Gasteiger partial charge in [-0.05, 0) is 6.92 Å². The molecular formula is C9H10F3N3O3S. The van der Waals surface area contributed by atoms with E-state index in [-0.39, 0.29) is 16.5 Å². The van der Waals surface area contributed by atoms with Crippen molar-refractivity contribution >= 4 is 22.5 Å². The number of nitrogens with zero attached hydrogens (tertiary/aromatic N) is 3. The van der Waals surface area contributed by atoms with Gasteiger partial charge in [-0.25, -0.2) is 14.7 Å². The highest BCUT2D eigenvalue weighted by molar-refractivity contribution is 7.15. The molecule has 0 saturated carbocycles. The van der Waals surface area contributed by atoms with Gasteiger partial charge in [-0.15, -0.1) is 0 Å². The number of anilines is 1. The minimum absolute atomic E-state index is 0.226. The first kappa shape index (κ1) is 14.0. The largest absolute Gasteiger partial charge is 0.427 e. The smallest absolute Gasteiger partial charge is 0.371 e. The zero-order valence-corrected chi connectivity index (χ0v) is 10.7. The molecule has 0 aliphatic carbocycles. The van der Waals surface area contributed by atoms with Gasteiger partial charge in [-0.1, -0.05) is 11.3 Å². The Bertz CT molecular complexity index is 493. The summed E-state index contributed by atoms with van der Waals surface area (Å²) < 4.78 is 37.4. The van der Waals surface area contributed by atoms with E-state index in [0.29, 0.717) is 6.20 Å². The van der Waals surface area contributed by atoms with Gasteiger partial charge in [0.15, 0.2) is 11.4 Å². The number of aliphatic hydroxyl groups excluding tert-OH is 1. The van der Waals surface area contributed by atoms with Crippen molar-refractivity contribution < 1.29 is 27.9 Å². The van der Waals surface area contributed by atoms with Crippen molar-refractivity contribution in [3.05, 3.63) is 11.1 Å². The summed E-state index contributed by atoms with van der Waals surface area (Å²) in [6.07, 6.45) is -5.23. The lowest BCUT2D eigenvalue weighted by atomic mass is 10.3. The van der Waals surface area contributed by atoms with Crippen molar-refractivity contribution in [2.75, 3.05) is 12.0 Å². The zero-order chi connectivity index (χ0) is 14.4. The Morgan fingerprint density at radius 2 is 2.16 bits per heavy atom. The Kier molecular flexibility index (Phi) is 3.41. The fraction of sp³-hybridized carbons (Fsp3) is 0.556. The minimum Gasteiger partial charge on any atom is -0.371 e. The van der Waals surface area contributed by atoms with E-state index < -0.39 is 29.4 Å². The van der Waals surface area contributed by atoms with Crippen LogP contribution < -0.4 is 4.90 Å². The predicted molar refractivity (Wildman–Crippen MR) is 59.3 cm³/mol. The van der Waals surface area contributed by atoms with E-state index in [1.807, 2.05) is 0 Å². The Morgan fingerprint density at radius 1 is 1.53 bits per heavy atom. The molecule has 0 bridgehead atoms. The summed E-state index contributed by atoms with van der Waals surface area (Å²) in [6.45, 7) is 1.50. The maximum Gasteiger partial charge on any atom is 0.427 e. The number of amides is 2. The summed E-state index contributed by atoms with van der Waals surface area (Å²) >= 11 is 0.286. The molecule has 1 aromatic heterocycles. The average Bonchev–Trinajstić information content (AvgIpc) is 2.85. The maximum absolute atomic E-state index is 12.5. The van der Waals surface area contributed by atoms with Crippen LogP contribution in [-0.2, 0) is 11.0 Å². The number of hydrogen-bond acceptors (Lipinski definition) is 5. The van der Waals surface area contributed by atoms with Gasteiger partial charge in [-0.2, -0.15) is 18.2 Å². The standard InChI is InChI=1S/C9H10F3N3O3S/c1-4-6(16)14(8(17)15(4)18-2)7-13-3-5(19-7)9(10,11)12/h3-4,6,16H,1-2H3. The van der Waals surface area contributed by atoms with Crippen LogP contribution in [0.3, 0.4) is 0 Å². The Morgan fingerprint density at radius 3 is 2.58 bits per heavy atom. The van der Waals surface area contributed by atoms with E-state index in [1.54, 1.807) is 0 Å². The number of aliphatic hydroxyl groups is 1. The third-order valence-electron chi connectivity index (χ3n) is 2.64. The topological polar surface area (TPSA) is 65.9 Å². The number of urea groups is 1. The lowest BCUT2D eigenvalue weighted by Crippen LogP contribution is -2.35. The fourth-order valence-electron chi connectivity index (χ4n) is 1.68. The van der Waals surface area contributed by atoms with Crippen molar-refractivity contribution in [3.63, 3.8) is 0 Å². The van der Waals surface area contributed by atoms with Crippen molar-refractivity contribution in [1.82, 2.24) is 10.0 Å². The number of rotatable bonds is 2. The molecule has 0 spiro atoms. The Balaban J connectivity index is 2.32. The van der Waals surface area contributed by atoms with Crippen molar-refractivity contribution in [1.29, 1.82) is 0 Å². The summed E-state index contributed by atoms with van der Waals surface area (Å²) in [6, 6.07) is -1.47. The van der Waals surface area contributed by atoms with Gasteiger partial charge < -0.3 is 5.11 Å². The van der Waals surface area contributed by atoms with Crippen LogP contribution in [0, 0.1) is 0 Å². The summed E-state index contributed by atoms with van der Waals surface area (Å²) in [5, 5.41) is 10.5. The Labute approximate surface area is 110 Å². The molecule has 2 heterocycles.